The normalized spacial score (nSPS) is 13.8. The fraction of sp³-hybridized carbons (Fsp3) is 0.226. The van der Waals surface area contributed by atoms with Gasteiger partial charge < -0.3 is 20.7 Å². The molecule has 1 saturated heterocycles. The van der Waals surface area contributed by atoms with Gasteiger partial charge in [0.25, 0.3) is 0 Å². The van der Waals surface area contributed by atoms with Crippen molar-refractivity contribution in [2.75, 3.05) is 24.1 Å². The second-order valence-corrected chi connectivity index (χ2v) is 10.8. The lowest BCUT2D eigenvalue weighted by atomic mass is 9.92. The lowest BCUT2D eigenvalue weighted by molar-refractivity contribution is 0.226. The number of nitrogens with zero attached hydrogens (tertiary/aromatic N) is 3. The Bertz CT molecular complexity index is 1370. The van der Waals surface area contributed by atoms with E-state index in [1.165, 1.54) is 0 Å². The third-order valence-electron chi connectivity index (χ3n) is 6.62. The van der Waals surface area contributed by atoms with Crippen LogP contribution in [0.3, 0.4) is 0 Å². The molecule has 0 unspecified atom stereocenters. The van der Waals surface area contributed by atoms with Crippen molar-refractivity contribution in [1.29, 1.82) is 0 Å². The number of hydrogen-bond donors (Lipinski definition) is 2. The van der Waals surface area contributed by atoms with Gasteiger partial charge in [0.1, 0.15) is 11.6 Å². The highest BCUT2D eigenvalue weighted by Gasteiger charge is 2.20. The average molecular weight is 524 g/mol. The van der Waals surface area contributed by atoms with Gasteiger partial charge in [0.2, 0.25) is 0 Å². The molecule has 0 radical (unpaired) electrons. The van der Waals surface area contributed by atoms with Gasteiger partial charge in [-0.1, -0.05) is 42.6 Å². The lowest BCUT2D eigenvalue weighted by Gasteiger charge is -2.33. The summed E-state index contributed by atoms with van der Waals surface area (Å²) in [7, 11) is 0. The van der Waals surface area contributed by atoms with Gasteiger partial charge in [0.15, 0.2) is 11.6 Å². The average Bonchev–Trinajstić information content (AvgIpc) is 2.92. The fourth-order valence-corrected chi connectivity index (χ4v) is 5.36. The van der Waals surface area contributed by atoms with Gasteiger partial charge in [0.05, 0.1) is 0 Å². The van der Waals surface area contributed by atoms with Gasteiger partial charge in [-0.2, -0.15) is 0 Å². The Balaban J connectivity index is 1.33. The Hall–Kier alpha value is -3.97. The molecule has 0 saturated carbocycles. The topological polar surface area (TPSA) is 76.3 Å². The van der Waals surface area contributed by atoms with Crippen molar-refractivity contribution >= 4 is 29.1 Å². The van der Waals surface area contributed by atoms with E-state index in [9.17, 15) is 0 Å². The molecule has 38 heavy (non-hydrogen) atoms. The van der Waals surface area contributed by atoms with E-state index in [0.717, 1.165) is 70.8 Å². The lowest BCUT2D eigenvalue weighted by Crippen LogP contribution is -2.32. The summed E-state index contributed by atoms with van der Waals surface area (Å²) in [4.78, 5) is 14.0. The van der Waals surface area contributed by atoms with E-state index >= 15 is 0 Å². The summed E-state index contributed by atoms with van der Waals surface area (Å²) < 4.78 is 6.26. The first-order valence-electron chi connectivity index (χ1n) is 12.9. The van der Waals surface area contributed by atoms with E-state index in [1.54, 1.807) is 11.8 Å². The van der Waals surface area contributed by atoms with Gasteiger partial charge in [-0.15, -0.1) is 0 Å². The second-order valence-electron chi connectivity index (χ2n) is 9.61. The molecule has 0 amide bonds. The highest BCUT2D eigenvalue weighted by atomic mass is 32.2. The number of aromatic nitrogens is 2. The van der Waals surface area contributed by atoms with Crippen molar-refractivity contribution in [3.63, 3.8) is 0 Å². The van der Waals surface area contributed by atoms with Crippen LogP contribution in [0.25, 0.3) is 0 Å². The van der Waals surface area contributed by atoms with Crippen LogP contribution in [0, 0.1) is 5.92 Å². The first-order chi connectivity index (χ1) is 18.5. The Morgan fingerprint density at radius 1 is 1.03 bits per heavy atom. The number of anilines is 3. The van der Waals surface area contributed by atoms with Crippen LogP contribution in [0.5, 0.6) is 11.5 Å². The van der Waals surface area contributed by atoms with Crippen LogP contribution in [0.15, 0.2) is 107 Å². The summed E-state index contributed by atoms with van der Waals surface area (Å²) in [6.45, 7) is 8.32. The van der Waals surface area contributed by atoms with Crippen LogP contribution in [0.2, 0.25) is 0 Å². The minimum Gasteiger partial charge on any atom is -0.453 e. The molecular formula is C31H33N5OS. The van der Waals surface area contributed by atoms with Crippen molar-refractivity contribution in [2.24, 2.45) is 5.92 Å². The molecule has 3 heterocycles. The van der Waals surface area contributed by atoms with Crippen molar-refractivity contribution in [2.45, 2.75) is 36.0 Å². The summed E-state index contributed by atoms with van der Waals surface area (Å²) in [6, 6.07) is 25.7. The maximum atomic E-state index is 6.26. The second kappa shape index (κ2) is 12.0. The number of nitrogens with one attached hydrogen (secondary N) is 1. The van der Waals surface area contributed by atoms with Gasteiger partial charge in [-0.05, 0) is 80.6 Å². The van der Waals surface area contributed by atoms with E-state index in [1.807, 2.05) is 72.9 Å². The van der Waals surface area contributed by atoms with Crippen LogP contribution in [0.4, 0.5) is 17.3 Å². The Kier molecular flexibility index (Phi) is 8.14. The molecule has 7 heteroatoms. The zero-order valence-electron chi connectivity index (χ0n) is 21.6. The first-order valence-corrected chi connectivity index (χ1v) is 13.7. The number of nitrogens with two attached hydrogens (primary N) is 1. The maximum absolute atomic E-state index is 6.26. The number of rotatable bonds is 9. The van der Waals surface area contributed by atoms with Gasteiger partial charge >= 0.3 is 0 Å². The quantitative estimate of drug-likeness (QED) is 0.220. The Morgan fingerprint density at radius 2 is 1.79 bits per heavy atom. The number of piperidine rings is 1. The number of pyridine rings is 2. The predicted octanol–water partition coefficient (Wildman–Crippen LogP) is 7.53. The van der Waals surface area contributed by atoms with Crippen molar-refractivity contribution in [1.82, 2.24) is 14.9 Å². The molecule has 6 nitrogen and oxygen atoms in total. The smallest absolute Gasteiger partial charge is 0.175 e. The number of allylic oxidation sites excluding steroid dienone is 1. The molecule has 2 aromatic carbocycles. The summed E-state index contributed by atoms with van der Waals surface area (Å²) in [6.07, 6.45) is 5.14. The maximum Gasteiger partial charge on any atom is 0.175 e. The van der Waals surface area contributed by atoms with E-state index in [2.05, 4.69) is 35.9 Å². The van der Waals surface area contributed by atoms with Crippen LogP contribution in [-0.4, -0.2) is 28.0 Å². The highest BCUT2D eigenvalue weighted by Crippen LogP contribution is 2.36. The fourth-order valence-electron chi connectivity index (χ4n) is 4.54. The number of likely N-dealkylation sites (tertiary alicyclic amines) is 1. The number of para-hydroxylation sites is 1. The molecule has 0 aliphatic carbocycles. The summed E-state index contributed by atoms with van der Waals surface area (Å²) >= 11 is 1.61. The molecular weight excluding hydrogens is 490 g/mol. The van der Waals surface area contributed by atoms with Crippen molar-refractivity contribution in [3.05, 3.63) is 103 Å². The SMILES string of the molecule is C=C(C)N1CCC(Cc2cccc(Nc3ncc(Sc4ccc(N)cc4)cc3Oc3ccccc3)n2)CC1. The van der Waals surface area contributed by atoms with E-state index in [4.69, 9.17) is 20.4 Å². The molecule has 0 spiro atoms. The monoisotopic (exact) mass is 523 g/mol. The molecule has 0 bridgehead atoms. The minimum absolute atomic E-state index is 0.620. The molecule has 4 aromatic rings. The van der Waals surface area contributed by atoms with Gasteiger partial charge in [0, 0.05) is 52.2 Å². The summed E-state index contributed by atoms with van der Waals surface area (Å²) in [5.74, 6) is 3.39. The summed E-state index contributed by atoms with van der Waals surface area (Å²) in [5, 5.41) is 3.40. The molecule has 5 rings (SSSR count). The predicted molar refractivity (Wildman–Crippen MR) is 156 cm³/mol. The highest BCUT2D eigenvalue weighted by molar-refractivity contribution is 7.99. The molecule has 3 N–H and O–H groups in total. The van der Waals surface area contributed by atoms with Crippen LogP contribution >= 0.6 is 11.8 Å². The summed E-state index contributed by atoms with van der Waals surface area (Å²) in [5.41, 5.74) is 8.83. The molecule has 1 aliphatic rings. The van der Waals surface area contributed by atoms with E-state index in [0.29, 0.717) is 17.5 Å². The van der Waals surface area contributed by atoms with E-state index in [-0.39, 0.29) is 0 Å². The molecule has 2 aromatic heterocycles. The molecule has 1 aliphatic heterocycles. The van der Waals surface area contributed by atoms with Gasteiger partial charge in [-0.3, -0.25) is 0 Å². The molecule has 0 atom stereocenters. The number of hydrogen-bond acceptors (Lipinski definition) is 7. The van der Waals surface area contributed by atoms with Crippen LogP contribution < -0.4 is 15.8 Å². The van der Waals surface area contributed by atoms with Crippen molar-refractivity contribution in [3.8, 4) is 11.5 Å². The van der Waals surface area contributed by atoms with E-state index < -0.39 is 0 Å². The zero-order valence-corrected chi connectivity index (χ0v) is 22.5. The minimum atomic E-state index is 0.620. The standard InChI is InChI=1S/C31H33N5OS/c1-22(2)36-17-15-23(16-18-36)19-25-7-6-10-30(34-25)35-31-29(37-26-8-4-3-5-9-26)20-28(21-33-31)38-27-13-11-24(32)12-14-27/h3-14,20-21,23H,1,15-19,32H2,2H3,(H,33,34,35). The van der Waals surface area contributed by atoms with Gasteiger partial charge in [-0.25, -0.2) is 9.97 Å². The van der Waals surface area contributed by atoms with Crippen LogP contribution in [-0.2, 0) is 6.42 Å². The Morgan fingerprint density at radius 3 is 2.53 bits per heavy atom. The zero-order chi connectivity index (χ0) is 26.3. The Labute approximate surface area is 229 Å². The first kappa shape index (κ1) is 25.7. The molecule has 194 valence electrons. The molecule has 1 fully saturated rings. The number of benzene rings is 2. The number of nitrogen functional groups attached to an aromatic ring is 1. The largest absolute Gasteiger partial charge is 0.453 e. The van der Waals surface area contributed by atoms with Crippen LogP contribution in [0.1, 0.15) is 25.5 Å². The third-order valence-corrected chi connectivity index (χ3v) is 7.59. The number of ether oxygens (including phenoxy) is 1. The van der Waals surface area contributed by atoms with Crippen molar-refractivity contribution < 1.29 is 4.74 Å². The third kappa shape index (κ3) is 6.86.